The highest BCUT2D eigenvalue weighted by atomic mass is 19.4. The van der Waals surface area contributed by atoms with Crippen molar-refractivity contribution in [2.24, 2.45) is 0 Å². The van der Waals surface area contributed by atoms with Gasteiger partial charge in [0.25, 0.3) is 0 Å². The van der Waals surface area contributed by atoms with Crippen LogP contribution in [0.2, 0.25) is 0 Å². The van der Waals surface area contributed by atoms with Gasteiger partial charge in [-0.05, 0) is 48.8 Å². The van der Waals surface area contributed by atoms with Crippen LogP contribution in [0, 0.1) is 0 Å². The third-order valence-corrected chi connectivity index (χ3v) is 4.77. The van der Waals surface area contributed by atoms with Crippen LogP contribution in [0.15, 0.2) is 54.6 Å². The molecule has 1 aromatic heterocycles. The summed E-state index contributed by atoms with van der Waals surface area (Å²) >= 11 is 0. The van der Waals surface area contributed by atoms with Gasteiger partial charge in [-0.15, -0.1) is 0 Å². The molecule has 2 aromatic carbocycles. The third-order valence-electron chi connectivity index (χ3n) is 4.77. The van der Waals surface area contributed by atoms with Crippen LogP contribution in [0.25, 0.3) is 28.1 Å². The van der Waals surface area contributed by atoms with E-state index in [1.807, 2.05) is 24.3 Å². The summed E-state index contributed by atoms with van der Waals surface area (Å²) in [5.74, 6) is 0.328. The molecule has 3 aromatic rings. The lowest BCUT2D eigenvalue weighted by Gasteiger charge is -2.16. The molecule has 0 bridgehead atoms. The summed E-state index contributed by atoms with van der Waals surface area (Å²) in [5, 5.41) is 0.854. The van der Waals surface area contributed by atoms with Crippen LogP contribution < -0.4 is 0 Å². The summed E-state index contributed by atoms with van der Waals surface area (Å²) in [5.41, 5.74) is 3.32. The number of fused-ring (bicyclic) bond motifs is 1. The predicted octanol–water partition coefficient (Wildman–Crippen LogP) is 6.01. The number of allylic oxidation sites excluding steroid dienone is 1. The van der Waals surface area contributed by atoms with Crippen LogP contribution in [-0.2, 0) is 11.0 Å². The molecule has 0 N–H and O–H groups in total. The van der Waals surface area contributed by atoms with Crippen molar-refractivity contribution in [3.63, 3.8) is 0 Å². The molecule has 0 amide bonds. The van der Waals surface area contributed by atoms with E-state index in [2.05, 4.69) is 0 Å². The van der Waals surface area contributed by atoms with E-state index >= 15 is 0 Å². The highest BCUT2D eigenvalue weighted by Crippen LogP contribution is 2.45. The highest BCUT2D eigenvalue weighted by Gasteiger charge is 2.31. The second-order valence-electron chi connectivity index (χ2n) is 6.65. The standard InChI is InChI=1S/C22H16F3NO/c23-22(24,25)16-11-9-14(10-12-16)20-17-4-1-2-6-19(17)26-21(15-7-8-15)18(20)5-3-13-27/h1-6,9-13,15H,7-8H2/b5-3+. The fraction of sp³-hybridized carbons (Fsp3) is 0.182. The molecule has 27 heavy (non-hydrogen) atoms. The highest BCUT2D eigenvalue weighted by molar-refractivity contribution is 6.00. The van der Waals surface area contributed by atoms with Crippen molar-refractivity contribution in [2.45, 2.75) is 24.9 Å². The van der Waals surface area contributed by atoms with Crippen LogP contribution in [0.5, 0.6) is 0 Å². The molecule has 0 radical (unpaired) electrons. The largest absolute Gasteiger partial charge is 0.416 e. The van der Waals surface area contributed by atoms with Gasteiger partial charge in [0.1, 0.15) is 6.29 Å². The first-order chi connectivity index (χ1) is 13.0. The molecule has 0 saturated heterocycles. The van der Waals surface area contributed by atoms with Crippen LogP contribution >= 0.6 is 0 Å². The maximum absolute atomic E-state index is 12.9. The molecule has 1 aliphatic carbocycles. The normalized spacial score (nSPS) is 14.8. The number of para-hydroxylation sites is 1. The zero-order valence-electron chi connectivity index (χ0n) is 14.3. The number of halogens is 3. The average Bonchev–Trinajstić information content (AvgIpc) is 3.50. The number of hydrogen-bond acceptors (Lipinski definition) is 2. The molecule has 136 valence electrons. The average molecular weight is 367 g/mol. The van der Waals surface area contributed by atoms with E-state index in [0.717, 1.165) is 52.7 Å². The van der Waals surface area contributed by atoms with E-state index < -0.39 is 11.7 Å². The molecule has 4 rings (SSSR count). The quantitative estimate of drug-likeness (QED) is 0.417. The molecular formula is C22H16F3NO. The first kappa shape index (κ1) is 17.5. The number of aromatic nitrogens is 1. The Hall–Kier alpha value is -2.95. The molecule has 1 fully saturated rings. The van der Waals surface area contributed by atoms with E-state index in [0.29, 0.717) is 17.8 Å². The number of aldehydes is 1. The SMILES string of the molecule is O=C/C=C/c1c(C2CC2)nc2ccccc2c1-c1ccc(C(F)(F)F)cc1. The second-order valence-corrected chi connectivity index (χ2v) is 6.65. The lowest BCUT2D eigenvalue weighted by molar-refractivity contribution is -0.137. The van der Waals surface area contributed by atoms with Crippen molar-refractivity contribution in [1.29, 1.82) is 0 Å². The van der Waals surface area contributed by atoms with E-state index in [1.54, 1.807) is 6.08 Å². The summed E-state index contributed by atoms with van der Waals surface area (Å²) in [4.78, 5) is 15.7. The summed E-state index contributed by atoms with van der Waals surface area (Å²) < 4.78 is 38.8. The maximum atomic E-state index is 12.9. The summed E-state index contributed by atoms with van der Waals surface area (Å²) in [6.07, 6.45) is 1.50. The van der Waals surface area contributed by atoms with E-state index in [4.69, 9.17) is 4.98 Å². The lowest BCUT2D eigenvalue weighted by Crippen LogP contribution is -2.04. The minimum Gasteiger partial charge on any atom is -0.299 e. The fourth-order valence-corrected chi connectivity index (χ4v) is 3.35. The fourth-order valence-electron chi connectivity index (χ4n) is 3.35. The van der Waals surface area contributed by atoms with Crippen molar-refractivity contribution >= 4 is 23.3 Å². The summed E-state index contributed by atoms with van der Waals surface area (Å²) in [6.45, 7) is 0. The monoisotopic (exact) mass is 367 g/mol. The predicted molar refractivity (Wildman–Crippen MR) is 99.3 cm³/mol. The number of carbonyl (C=O) groups excluding carboxylic acids is 1. The zero-order valence-corrected chi connectivity index (χ0v) is 14.3. The molecule has 1 saturated carbocycles. The molecule has 0 aliphatic heterocycles. The van der Waals surface area contributed by atoms with Crippen molar-refractivity contribution < 1.29 is 18.0 Å². The first-order valence-corrected chi connectivity index (χ1v) is 8.71. The van der Waals surface area contributed by atoms with Gasteiger partial charge in [-0.3, -0.25) is 9.78 Å². The van der Waals surface area contributed by atoms with Gasteiger partial charge in [0.2, 0.25) is 0 Å². The Balaban J connectivity index is 1.99. The summed E-state index contributed by atoms with van der Waals surface area (Å²) in [7, 11) is 0. The smallest absolute Gasteiger partial charge is 0.299 e. The van der Waals surface area contributed by atoms with E-state index in [1.165, 1.54) is 18.2 Å². The second kappa shape index (κ2) is 6.65. The Morgan fingerprint density at radius 2 is 1.70 bits per heavy atom. The molecule has 5 heteroatoms. The maximum Gasteiger partial charge on any atom is 0.416 e. The first-order valence-electron chi connectivity index (χ1n) is 8.71. The third kappa shape index (κ3) is 3.37. The molecule has 2 nitrogen and oxygen atoms in total. The minimum atomic E-state index is -4.38. The van der Waals surface area contributed by atoms with Gasteiger partial charge in [0.15, 0.2) is 0 Å². The van der Waals surface area contributed by atoms with Gasteiger partial charge < -0.3 is 0 Å². The van der Waals surface area contributed by atoms with Crippen LogP contribution in [0.3, 0.4) is 0 Å². The number of benzene rings is 2. The number of rotatable bonds is 4. The zero-order chi connectivity index (χ0) is 19.0. The van der Waals surface area contributed by atoms with Gasteiger partial charge in [0.05, 0.1) is 16.8 Å². The van der Waals surface area contributed by atoms with Crippen LogP contribution in [0.4, 0.5) is 13.2 Å². The number of pyridine rings is 1. The Morgan fingerprint density at radius 3 is 2.33 bits per heavy atom. The van der Waals surface area contributed by atoms with E-state index in [-0.39, 0.29) is 0 Å². The van der Waals surface area contributed by atoms with Crippen molar-refractivity contribution in [3.8, 4) is 11.1 Å². The van der Waals surface area contributed by atoms with E-state index in [9.17, 15) is 18.0 Å². The van der Waals surface area contributed by atoms with Crippen molar-refractivity contribution in [1.82, 2.24) is 4.98 Å². The van der Waals surface area contributed by atoms with Gasteiger partial charge in [-0.1, -0.05) is 30.3 Å². The van der Waals surface area contributed by atoms with Gasteiger partial charge in [-0.25, -0.2) is 0 Å². The van der Waals surface area contributed by atoms with Gasteiger partial charge in [-0.2, -0.15) is 13.2 Å². The van der Waals surface area contributed by atoms with Crippen LogP contribution in [0.1, 0.15) is 35.6 Å². The lowest BCUT2D eigenvalue weighted by atomic mass is 9.92. The number of alkyl halides is 3. The molecule has 0 atom stereocenters. The van der Waals surface area contributed by atoms with Crippen LogP contribution in [-0.4, -0.2) is 11.3 Å². The van der Waals surface area contributed by atoms with Crippen molar-refractivity contribution in [2.75, 3.05) is 0 Å². The Morgan fingerprint density at radius 1 is 1.00 bits per heavy atom. The molecule has 1 aliphatic rings. The van der Waals surface area contributed by atoms with Gasteiger partial charge in [0, 0.05) is 22.4 Å². The Bertz CT molecular complexity index is 1030. The number of carbonyl (C=O) groups is 1. The van der Waals surface area contributed by atoms with Crippen molar-refractivity contribution in [3.05, 3.63) is 71.4 Å². The van der Waals surface area contributed by atoms with Gasteiger partial charge >= 0.3 is 6.18 Å². The Kier molecular flexibility index (Phi) is 4.30. The molecular weight excluding hydrogens is 351 g/mol. The number of hydrogen-bond donors (Lipinski definition) is 0. The molecule has 1 heterocycles. The summed E-state index contributed by atoms with van der Waals surface area (Å²) in [6, 6.07) is 12.7. The molecule has 0 unspecified atom stereocenters. The minimum absolute atomic E-state index is 0.328. The number of nitrogens with zero attached hydrogens (tertiary/aromatic N) is 1. The Labute approximate surface area is 154 Å². The molecule has 0 spiro atoms. The topological polar surface area (TPSA) is 30.0 Å².